The Bertz CT molecular complexity index is 1180. The topological polar surface area (TPSA) is 70.1 Å². The highest BCUT2D eigenvalue weighted by molar-refractivity contribution is 9.10. The lowest BCUT2D eigenvalue weighted by Gasteiger charge is -2.40. The summed E-state index contributed by atoms with van der Waals surface area (Å²) in [5.41, 5.74) is 11.2. The van der Waals surface area contributed by atoms with Crippen molar-refractivity contribution in [2.45, 2.75) is 39.0 Å². The number of nitrogens with two attached hydrogens (primary N) is 1. The third kappa shape index (κ3) is 3.23. The van der Waals surface area contributed by atoms with Crippen LogP contribution < -0.4 is 10.6 Å². The molecule has 0 bridgehead atoms. The van der Waals surface area contributed by atoms with Gasteiger partial charge in [-0.1, -0.05) is 39.7 Å². The predicted octanol–water partition coefficient (Wildman–Crippen LogP) is 5.51. The van der Waals surface area contributed by atoms with Crippen molar-refractivity contribution in [2.24, 2.45) is 5.73 Å². The first kappa shape index (κ1) is 20.4. The van der Waals surface area contributed by atoms with Crippen molar-refractivity contribution in [1.82, 2.24) is 0 Å². The number of carbonyl (C=O) groups excluding carboxylic acids is 1. The zero-order valence-corrected chi connectivity index (χ0v) is 18.4. The van der Waals surface area contributed by atoms with Crippen LogP contribution in [0.25, 0.3) is 0 Å². The van der Waals surface area contributed by atoms with Crippen LogP contribution in [0.4, 0.5) is 10.1 Å². The van der Waals surface area contributed by atoms with Gasteiger partial charge >= 0.3 is 0 Å². The summed E-state index contributed by atoms with van der Waals surface area (Å²) < 4.78 is 15.5. The number of Topliss-reactive ketones (excluding diaryl/α,β-unsaturated/α-hetero) is 1. The van der Waals surface area contributed by atoms with Crippen LogP contribution in [-0.2, 0) is 4.79 Å². The zero-order valence-electron chi connectivity index (χ0n) is 16.8. The molecule has 0 saturated heterocycles. The molecule has 1 heterocycles. The summed E-state index contributed by atoms with van der Waals surface area (Å²) in [6.45, 7) is 3.98. The Balaban J connectivity index is 2.00. The number of ketones is 1. The standard InChI is InChI=1S/C24H21BrFN3O/c1-13-6-8-16(14(2)10-13)22-17(12-27)24(28)29(19-9-7-15(25)11-18(19)26)20-4-3-5-21(30)23(20)22/h6-11,22H,3-5,28H2,1-2H3/t22-/m1/s1. The lowest BCUT2D eigenvalue weighted by molar-refractivity contribution is -0.116. The largest absolute Gasteiger partial charge is 0.384 e. The first-order valence-electron chi connectivity index (χ1n) is 9.81. The molecule has 1 aliphatic carbocycles. The Morgan fingerprint density at radius 2 is 1.97 bits per heavy atom. The number of hydrogen-bond donors (Lipinski definition) is 1. The Morgan fingerprint density at radius 3 is 2.63 bits per heavy atom. The van der Waals surface area contributed by atoms with Gasteiger partial charge < -0.3 is 5.73 Å². The van der Waals surface area contributed by atoms with Crippen molar-refractivity contribution in [3.8, 4) is 6.07 Å². The van der Waals surface area contributed by atoms with E-state index in [2.05, 4.69) is 22.0 Å². The van der Waals surface area contributed by atoms with Crippen molar-refractivity contribution in [3.05, 3.63) is 86.0 Å². The van der Waals surface area contributed by atoms with Crippen molar-refractivity contribution in [3.63, 3.8) is 0 Å². The van der Waals surface area contributed by atoms with E-state index in [0.29, 0.717) is 35.0 Å². The quantitative estimate of drug-likeness (QED) is 0.634. The molecule has 2 N–H and O–H groups in total. The normalized spacial score (nSPS) is 19.1. The highest BCUT2D eigenvalue weighted by Crippen LogP contribution is 2.47. The van der Waals surface area contributed by atoms with E-state index in [9.17, 15) is 14.4 Å². The van der Waals surface area contributed by atoms with Crippen molar-refractivity contribution < 1.29 is 9.18 Å². The fraction of sp³-hybridized carbons (Fsp3) is 0.250. The SMILES string of the molecule is Cc1ccc([C@@H]2C(C#N)=C(N)N(c3ccc(Br)cc3F)C3=C2C(=O)CCC3)c(C)c1. The molecule has 4 nitrogen and oxygen atoms in total. The molecule has 1 atom stereocenters. The van der Waals surface area contributed by atoms with Crippen LogP contribution in [0.1, 0.15) is 41.9 Å². The van der Waals surface area contributed by atoms with Gasteiger partial charge in [-0.3, -0.25) is 9.69 Å². The molecular formula is C24H21BrFN3O. The van der Waals surface area contributed by atoms with E-state index in [1.807, 2.05) is 32.0 Å². The number of aryl methyl sites for hydroxylation is 2. The Labute approximate surface area is 183 Å². The van der Waals surface area contributed by atoms with Crippen LogP contribution in [0.2, 0.25) is 0 Å². The number of halogens is 2. The van der Waals surface area contributed by atoms with Gasteiger partial charge in [-0.25, -0.2) is 4.39 Å². The molecular weight excluding hydrogens is 445 g/mol. The zero-order chi connectivity index (χ0) is 21.6. The minimum absolute atomic E-state index is 0.0102. The Kier molecular flexibility index (Phi) is 5.25. The van der Waals surface area contributed by atoms with Crippen LogP contribution in [0, 0.1) is 31.0 Å². The molecule has 0 aromatic heterocycles. The number of anilines is 1. The fourth-order valence-corrected chi connectivity index (χ4v) is 4.82. The number of rotatable bonds is 2. The van der Waals surface area contributed by atoms with Crippen LogP contribution >= 0.6 is 15.9 Å². The number of hydrogen-bond acceptors (Lipinski definition) is 4. The van der Waals surface area contributed by atoms with Crippen LogP contribution in [0.15, 0.2) is 63.5 Å². The molecule has 4 rings (SSSR count). The summed E-state index contributed by atoms with van der Waals surface area (Å²) in [4.78, 5) is 14.7. The molecule has 6 heteroatoms. The van der Waals surface area contributed by atoms with Crippen molar-refractivity contribution in [2.75, 3.05) is 4.90 Å². The van der Waals surface area contributed by atoms with Crippen LogP contribution in [-0.4, -0.2) is 5.78 Å². The van der Waals surface area contributed by atoms with E-state index in [4.69, 9.17) is 5.73 Å². The number of allylic oxidation sites excluding steroid dienone is 3. The van der Waals surface area contributed by atoms with Crippen LogP contribution in [0.5, 0.6) is 0 Å². The average molecular weight is 466 g/mol. The van der Waals surface area contributed by atoms with Gasteiger partial charge in [-0.05, 0) is 56.0 Å². The van der Waals surface area contributed by atoms with Gasteiger partial charge in [0.15, 0.2) is 5.78 Å². The molecule has 2 aliphatic rings. The molecule has 2 aromatic rings. The average Bonchev–Trinajstić information content (AvgIpc) is 2.69. The second-order valence-corrected chi connectivity index (χ2v) is 8.69. The summed E-state index contributed by atoms with van der Waals surface area (Å²) in [5.74, 6) is -0.839. The first-order chi connectivity index (χ1) is 14.3. The van der Waals surface area contributed by atoms with Gasteiger partial charge in [-0.15, -0.1) is 0 Å². The maximum Gasteiger partial charge on any atom is 0.161 e. The highest BCUT2D eigenvalue weighted by Gasteiger charge is 2.41. The predicted molar refractivity (Wildman–Crippen MR) is 118 cm³/mol. The van der Waals surface area contributed by atoms with Gasteiger partial charge in [0.05, 0.1) is 23.2 Å². The molecule has 2 aromatic carbocycles. The minimum Gasteiger partial charge on any atom is -0.384 e. The molecule has 0 saturated carbocycles. The molecule has 152 valence electrons. The number of nitrogens with zero attached hydrogens (tertiary/aromatic N) is 2. The summed E-state index contributed by atoms with van der Waals surface area (Å²) in [6.07, 6.45) is 1.67. The molecule has 0 amide bonds. The van der Waals surface area contributed by atoms with Gasteiger partial charge in [0.2, 0.25) is 0 Å². The first-order valence-corrected chi connectivity index (χ1v) is 10.6. The minimum atomic E-state index is -0.534. The number of benzene rings is 2. The van der Waals surface area contributed by atoms with Crippen LogP contribution in [0.3, 0.4) is 0 Å². The van der Waals surface area contributed by atoms with Crippen molar-refractivity contribution in [1.29, 1.82) is 5.26 Å². The van der Waals surface area contributed by atoms with E-state index < -0.39 is 11.7 Å². The van der Waals surface area contributed by atoms with E-state index in [0.717, 1.165) is 16.7 Å². The Morgan fingerprint density at radius 1 is 1.20 bits per heavy atom. The third-order valence-electron chi connectivity index (χ3n) is 5.80. The van der Waals surface area contributed by atoms with Gasteiger partial charge in [0.25, 0.3) is 0 Å². The maximum atomic E-state index is 14.9. The molecule has 0 unspecified atom stereocenters. The third-order valence-corrected chi connectivity index (χ3v) is 6.29. The van der Waals surface area contributed by atoms with E-state index in [1.165, 1.54) is 6.07 Å². The smallest absolute Gasteiger partial charge is 0.161 e. The lowest BCUT2D eigenvalue weighted by Crippen LogP contribution is -2.39. The lowest BCUT2D eigenvalue weighted by atomic mass is 9.74. The molecule has 0 radical (unpaired) electrons. The second-order valence-electron chi connectivity index (χ2n) is 7.77. The summed E-state index contributed by atoms with van der Waals surface area (Å²) in [7, 11) is 0. The Hall–Kier alpha value is -2.91. The van der Waals surface area contributed by atoms with Gasteiger partial charge in [0, 0.05) is 22.2 Å². The summed E-state index contributed by atoms with van der Waals surface area (Å²) in [5, 5.41) is 10.0. The molecule has 30 heavy (non-hydrogen) atoms. The molecule has 0 spiro atoms. The molecule has 1 aliphatic heterocycles. The van der Waals surface area contributed by atoms with Gasteiger partial charge in [0.1, 0.15) is 11.6 Å². The second kappa shape index (κ2) is 7.73. The van der Waals surface area contributed by atoms with E-state index in [1.54, 1.807) is 17.0 Å². The number of nitriles is 1. The number of carbonyl (C=O) groups is 1. The molecule has 0 fully saturated rings. The summed E-state index contributed by atoms with van der Waals surface area (Å²) >= 11 is 3.27. The summed E-state index contributed by atoms with van der Waals surface area (Å²) in [6, 6.07) is 12.9. The van der Waals surface area contributed by atoms with Gasteiger partial charge in [-0.2, -0.15) is 5.26 Å². The van der Waals surface area contributed by atoms with Crippen molar-refractivity contribution >= 4 is 27.4 Å². The fourth-order valence-electron chi connectivity index (χ4n) is 4.48. The maximum absolute atomic E-state index is 14.9. The van der Waals surface area contributed by atoms with E-state index >= 15 is 0 Å². The monoisotopic (exact) mass is 465 g/mol. The highest BCUT2D eigenvalue weighted by atomic mass is 79.9. The van der Waals surface area contributed by atoms with E-state index in [-0.39, 0.29) is 22.9 Å².